The molecule has 0 bridgehead atoms. The highest BCUT2D eigenvalue weighted by molar-refractivity contribution is 7.93. The maximum Gasteiger partial charge on any atom is 0.291 e. The van der Waals surface area contributed by atoms with Crippen molar-refractivity contribution in [1.82, 2.24) is 10.2 Å². The van der Waals surface area contributed by atoms with Crippen LogP contribution in [0.1, 0.15) is 11.4 Å². The lowest BCUT2D eigenvalue weighted by Crippen LogP contribution is -2.14. The van der Waals surface area contributed by atoms with Gasteiger partial charge in [0.1, 0.15) is 10.7 Å². The lowest BCUT2D eigenvalue weighted by atomic mass is 10.3. The minimum absolute atomic E-state index is 0.0253. The van der Waals surface area contributed by atoms with E-state index in [1.165, 1.54) is 6.07 Å². The van der Waals surface area contributed by atoms with Crippen molar-refractivity contribution in [2.45, 2.75) is 11.3 Å². The predicted octanol–water partition coefficient (Wildman–Crippen LogP) is 3.07. The van der Waals surface area contributed by atoms with E-state index in [9.17, 15) is 21.6 Å². The third-order valence-corrected chi connectivity index (χ3v) is 4.61. The Balaban J connectivity index is 2.30. The molecule has 0 atom stereocenters. The largest absolute Gasteiger partial charge is 0.291 e. The molecule has 0 aliphatic carbocycles. The van der Waals surface area contributed by atoms with E-state index in [2.05, 4.69) is 10.2 Å². The van der Waals surface area contributed by atoms with Crippen LogP contribution in [-0.4, -0.2) is 18.6 Å². The third-order valence-electron chi connectivity index (χ3n) is 2.03. The van der Waals surface area contributed by atoms with E-state index in [0.717, 1.165) is 12.1 Å². The lowest BCUT2D eigenvalue weighted by molar-refractivity contribution is 0.150. The van der Waals surface area contributed by atoms with Gasteiger partial charge in [0, 0.05) is 5.02 Å². The fourth-order valence-corrected chi connectivity index (χ4v) is 3.28. The zero-order chi connectivity index (χ0) is 14.9. The minimum Gasteiger partial charge on any atom is -0.253 e. The van der Waals surface area contributed by atoms with Crippen LogP contribution in [0.5, 0.6) is 0 Å². The van der Waals surface area contributed by atoms with E-state index in [1.807, 2.05) is 4.72 Å². The molecule has 0 aliphatic rings. The Morgan fingerprint density at radius 2 is 2.00 bits per heavy atom. The summed E-state index contributed by atoms with van der Waals surface area (Å²) in [6, 6.07) is 2.96. The number of rotatable bonds is 4. The second-order valence-electron chi connectivity index (χ2n) is 3.43. The molecule has 1 heterocycles. The van der Waals surface area contributed by atoms with Crippen molar-refractivity contribution in [3.63, 3.8) is 0 Å². The SMILES string of the molecule is O=S(=O)(Nc1nnc(C(F)F)s1)c1ccc(Cl)cc1F. The average molecular weight is 344 g/mol. The first-order valence-corrected chi connectivity index (χ1v) is 7.57. The summed E-state index contributed by atoms with van der Waals surface area (Å²) in [5.41, 5.74) is 0. The third kappa shape index (κ3) is 3.19. The minimum atomic E-state index is -4.29. The van der Waals surface area contributed by atoms with E-state index < -0.39 is 32.2 Å². The fourth-order valence-electron chi connectivity index (χ4n) is 1.23. The zero-order valence-corrected chi connectivity index (χ0v) is 11.7. The number of hydrogen-bond acceptors (Lipinski definition) is 5. The number of anilines is 1. The topological polar surface area (TPSA) is 72.0 Å². The van der Waals surface area contributed by atoms with Gasteiger partial charge >= 0.3 is 0 Å². The van der Waals surface area contributed by atoms with Crippen LogP contribution >= 0.6 is 22.9 Å². The van der Waals surface area contributed by atoms with Crippen LogP contribution in [0, 0.1) is 5.82 Å². The molecule has 0 saturated carbocycles. The summed E-state index contributed by atoms with van der Waals surface area (Å²) < 4.78 is 63.7. The summed E-state index contributed by atoms with van der Waals surface area (Å²) >= 11 is 5.87. The van der Waals surface area contributed by atoms with Crippen LogP contribution in [0.4, 0.5) is 18.3 Å². The van der Waals surface area contributed by atoms with E-state index in [4.69, 9.17) is 11.6 Å². The number of aromatic nitrogens is 2. The van der Waals surface area contributed by atoms with Crippen LogP contribution in [0.2, 0.25) is 5.02 Å². The second-order valence-corrected chi connectivity index (χ2v) is 6.52. The van der Waals surface area contributed by atoms with Gasteiger partial charge in [-0.2, -0.15) is 0 Å². The maximum atomic E-state index is 13.5. The fraction of sp³-hybridized carbons (Fsp3) is 0.111. The Morgan fingerprint density at radius 3 is 2.55 bits per heavy atom. The number of nitrogens with one attached hydrogen (secondary N) is 1. The van der Waals surface area contributed by atoms with Crippen molar-refractivity contribution < 1.29 is 21.6 Å². The highest BCUT2D eigenvalue weighted by atomic mass is 35.5. The normalized spacial score (nSPS) is 11.8. The van der Waals surface area contributed by atoms with E-state index in [-0.39, 0.29) is 10.2 Å². The first-order chi connectivity index (χ1) is 9.29. The van der Waals surface area contributed by atoms with Crippen LogP contribution in [0.3, 0.4) is 0 Å². The first kappa shape index (κ1) is 15.0. The molecule has 1 aromatic carbocycles. The number of halogens is 4. The highest BCUT2D eigenvalue weighted by Gasteiger charge is 2.22. The van der Waals surface area contributed by atoms with Gasteiger partial charge in [-0.25, -0.2) is 21.6 Å². The molecule has 1 N–H and O–H groups in total. The molecule has 0 aliphatic heterocycles. The summed E-state index contributed by atoms with van der Waals surface area (Å²) in [5, 5.41) is 5.36. The molecule has 1 aromatic heterocycles. The maximum absolute atomic E-state index is 13.5. The number of alkyl halides is 2. The van der Waals surface area contributed by atoms with Gasteiger partial charge < -0.3 is 0 Å². The average Bonchev–Trinajstić information content (AvgIpc) is 2.76. The number of benzene rings is 1. The molecule has 2 aromatic rings. The Kier molecular flexibility index (Phi) is 4.16. The standard InChI is InChI=1S/C9H5ClF3N3O2S2/c10-4-1-2-6(5(11)3-4)20(17,18)16-9-15-14-8(19-9)7(12)13/h1-3,7H,(H,15,16). The van der Waals surface area contributed by atoms with Gasteiger partial charge in [0.15, 0.2) is 5.01 Å². The van der Waals surface area contributed by atoms with Gasteiger partial charge in [0.05, 0.1) is 0 Å². The monoisotopic (exact) mass is 343 g/mol. The molecule has 0 unspecified atom stereocenters. The molecule has 5 nitrogen and oxygen atoms in total. The summed E-state index contributed by atoms with van der Waals surface area (Å²) in [6.07, 6.45) is -2.86. The summed E-state index contributed by atoms with van der Waals surface area (Å²) in [7, 11) is -4.29. The molecule has 0 radical (unpaired) electrons. The molecule has 0 spiro atoms. The first-order valence-electron chi connectivity index (χ1n) is 4.89. The molecule has 2 rings (SSSR count). The van der Waals surface area contributed by atoms with E-state index in [1.54, 1.807) is 0 Å². The zero-order valence-electron chi connectivity index (χ0n) is 9.35. The predicted molar refractivity (Wildman–Crippen MR) is 67.1 cm³/mol. The van der Waals surface area contributed by atoms with Crippen LogP contribution in [-0.2, 0) is 10.0 Å². The quantitative estimate of drug-likeness (QED) is 0.926. The molecular formula is C9H5ClF3N3O2S2. The van der Waals surface area contributed by atoms with Crippen molar-refractivity contribution in [3.8, 4) is 0 Å². The lowest BCUT2D eigenvalue weighted by Gasteiger charge is -2.05. The molecule has 0 amide bonds. The summed E-state index contributed by atoms with van der Waals surface area (Å²) in [5.74, 6) is -1.07. The van der Waals surface area contributed by atoms with Crippen LogP contribution in [0.15, 0.2) is 23.1 Å². The highest BCUT2D eigenvalue weighted by Crippen LogP contribution is 2.27. The van der Waals surface area contributed by atoms with Gasteiger partial charge in [0.2, 0.25) is 5.13 Å². The van der Waals surface area contributed by atoms with E-state index in [0.29, 0.717) is 11.3 Å². The Bertz CT molecular complexity index is 736. The van der Waals surface area contributed by atoms with Crippen molar-refractivity contribution in [1.29, 1.82) is 0 Å². The molecule has 11 heteroatoms. The molecular weight excluding hydrogens is 339 g/mol. The van der Waals surface area contributed by atoms with Crippen molar-refractivity contribution >= 4 is 38.1 Å². The van der Waals surface area contributed by atoms with Crippen molar-refractivity contribution in [3.05, 3.63) is 34.0 Å². The van der Waals surface area contributed by atoms with Gasteiger partial charge in [-0.1, -0.05) is 22.9 Å². The number of hydrogen-bond donors (Lipinski definition) is 1. The van der Waals surface area contributed by atoms with Crippen LogP contribution < -0.4 is 4.72 Å². The Hall–Kier alpha value is -1.39. The van der Waals surface area contributed by atoms with Crippen LogP contribution in [0.25, 0.3) is 0 Å². The summed E-state index contributed by atoms with van der Waals surface area (Å²) in [6.45, 7) is 0. The van der Waals surface area contributed by atoms with Gasteiger partial charge in [-0.05, 0) is 18.2 Å². The molecule has 108 valence electrons. The molecule has 20 heavy (non-hydrogen) atoms. The molecule has 0 fully saturated rings. The van der Waals surface area contributed by atoms with Gasteiger partial charge in [0.25, 0.3) is 16.4 Å². The number of sulfonamides is 1. The Morgan fingerprint density at radius 1 is 1.30 bits per heavy atom. The van der Waals surface area contributed by atoms with E-state index >= 15 is 0 Å². The molecule has 0 saturated heterocycles. The second kappa shape index (κ2) is 5.54. The smallest absolute Gasteiger partial charge is 0.253 e. The van der Waals surface area contributed by atoms with Crippen molar-refractivity contribution in [2.24, 2.45) is 0 Å². The number of nitrogens with zero attached hydrogens (tertiary/aromatic N) is 2. The van der Waals surface area contributed by atoms with Crippen molar-refractivity contribution in [2.75, 3.05) is 4.72 Å². The Labute approximate surface area is 120 Å². The van der Waals surface area contributed by atoms with Gasteiger partial charge in [-0.3, -0.25) is 4.72 Å². The summed E-state index contributed by atoms with van der Waals surface area (Å²) in [4.78, 5) is -0.671. The van der Waals surface area contributed by atoms with Gasteiger partial charge in [-0.15, -0.1) is 10.2 Å².